The summed E-state index contributed by atoms with van der Waals surface area (Å²) in [5.41, 5.74) is 8.35. The molecule has 0 fully saturated rings. The lowest BCUT2D eigenvalue weighted by atomic mass is 10.1. The molecule has 0 aliphatic rings. The summed E-state index contributed by atoms with van der Waals surface area (Å²) in [7, 11) is 0. The lowest BCUT2D eigenvalue weighted by Crippen LogP contribution is -2.06. The molecule has 1 heterocycles. The van der Waals surface area contributed by atoms with Gasteiger partial charge in [-0.05, 0) is 23.8 Å². The molecule has 0 spiro atoms. The van der Waals surface area contributed by atoms with Gasteiger partial charge in [0.2, 0.25) is 0 Å². The lowest BCUT2D eigenvalue weighted by molar-refractivity contribution is 0.509. The van der Waals surface area contributed by atoms with Crippen LogP contribution in [0.25, 0.3) is 11.3 Å². The van der Waals surface area contributed by atoms with Crippen LogP contribution in [0.2, 0.25) is 0 Å². The summed E-state index contributed by atoms with van der Waals surface area (Å²) < 4.78 is 28.3. The summed E-state index contributed by atoms with van der Waals surface area (Å²) in [6.45, 7) is 0.644. The molecule has 6 heteroatoms. The topological polar surface area (TPSA) is 56.7 Å². The van der Waals surface area contributed by atoms with E-state index in [1.165, 1.54) is 6.07 Å². The van der Waals surface area contributed by atoms with Gasteiger partial charge >= 0.3 is 0 Å². The average Bonchev–Trinajstić information content (AvgIpc) is 2.94. The second-order valence-corrected chi connectivity index (χ2v) is 4.86. The van der Waals surface area contributed by atoms with Crippen LogP contribution in [0.1, 0.15) is 11.3 Å². The predicted octanol–water partition coefficient (Wildman–Crippen LogP) is 2.73. The van der Waals surface area contributed by atoms with Crippen molar-refractivity contribution in [1.82, 2.24) is 15.0 Å². The highest BCUT2D eigenvalue weighted by Gasteiger charge is 2.16. The number of halogens is 2. The van der Waals surface area contributed by atoms with E-state index in [0.29, 0.717) is 23.5 Å². The van der Waals surface area contributed by atoms with Crippen molar-refractivity contribution in [2.75, 3.05) is 0 Å². The van der Waals surface area contributed by atoms with Gasteiger partial charge in [-0.1, -0.05) is 35.5 Å². The zero-order valence-corrected chi connectivity index (χ0v) is 11.7. The molecule has 3 aromatic rings. The van der Waals surface area contributed by atoms with Crippen LogP contribution < -0.4 is 5.73 Å². The van der Waals surface area contributed by atoms with Gasteiger partial charge < -0.3 is 5.73 Å². The van der Waals surface area contributed by atoms with E-state index in [9.17, 15) is 8.78 Å². The Labute approximate surface area is 126 Å². The highest BCUT2D eigenvalue weighted by Crippen LogP contribution is 2.24. The maximum absolute atomic E-state index is 13.5. The summed E-state index contributed by atoms with van der Waals surface area (Å²) in [5, 5.41) is 8.11. The van der Waals surface area contributed by atoms with Crippen molar-refractivity contribution in [3.63, 3.8) is 0 Å². The number of hydrogen-bond donors (Lipinski definition) is 1. The second-order valence-electron chi connectivity index (χ2n) is 4.86. The molecule has 0 aliphatic carbocycles. The van der Waals surface area contributed by atoms with E-state index >= 15 is 0 Å². The molecule has 0 saturated heterocycles. The quantitative estimate of drug-likeness (QED) is 0.806. The van der Waals surface area contributed by atoms with Gasteiger partial charge in [0, 0.05) is 12.1 Å². The second kappa shape index (κ2) is 6.03. The molecule has 2 aromatic carbocycles. The van der Waals surface area contributed by atoms with Crippen LogP contribution in [0.15, 0.2) is 48.5 Å². The SMILES string of the molecule is NCc1nnn(Cc2ccccc2)c1-c1ccc(F)c(F)c1. The van der Waals surface area contributed by atoms with Gasteiger partial charge in [0.25, 0.3) is 0 Å². The molecule has 0 amide bonds. The van der Waals surface area contributed by atoms with Crippen molar-refractivity contribution >= 4 is 0 Å². The number of rotatable bonds is 4. The number of benzene rings is 2. The fraction of sp³-hybridized carbons (Fsp3) is 0.125. The highest BCUT2D eigenvalue weighted by atomic mass is 19.2. The zero-order chi connectivity index (χ0) is 15.5. The minimum absolute atomic E-state index is 0.170. The zero-order valence-electron chi connectivity index (χ0n) is 11.7. The minimum Gasteiger partial charge on any atom is -0.325 e. The minimum atomic E-state index is -0.909. The average molecular weight is 300 g/mol. The Balaban J connectivity index is 2.05. The smallest absolute Gasteiger partial charge is 0.159 e. The largest absolute Gasteiger partial charge is 0.325 e. The molecule has 4 nitrogen and oxygen atoms in total. The first-order chi connectivity index (χ1) is 10.7. The van der Waals surface area contributed by atoms with Gasteiger partial charge in [0.1, 0.15) is 5.69 Å². The molecule has 2 N–H and O–H groups in total. The van der Waals surface area contributed by atoms with Crippen molar-refractivity contribution in [1.29, 1.82) is 0 Å². The number of hydrogen-bond acceptors (Lipinski definition) is 3. The van der Waals surface area contributed by atoms with Crippen LogP contribution in [0.5, 0.6) is 0 Å². The first-order valence-corrected chi connectivity index (χ1v) is 6.81. The van der Waals surface area contributed by atoms with Gasteiger partial charge in [0.15, 0.2) is 11.6 Å². The third-order valence-corrected chi connectivity index (χ3v) is 3.37. The number of nitrogens with two attached hydrogens (primary N) is 1. The summed E-state index contributed by atoms with van der Waals surface area (Å²) >= 11 is 0. The van der Waals surface area contributed by atoms with E-state index in [1.54, 1.807) is 4.68 Å². The van der Waals surface area contributed by atoms with Crippen molar-refractivity contribution in [2.45, 2.75) is 13.1 Å². The molecule has 0 unspecified atom stereocenters. The van der Waals surface area contributed by atoms with Gasteiger partial charge in [-0.3, -0.25) is 0 Å². The van der Waals surface area contributed by atoms with Crippen LogP contribution in [0, 0.1) is 11.6 Å². The van der Waals surface area contributed by atoms with Crippen molar-refractivity contribution in [3.8, 4) is 11.3 Å². The van der Waals surface area contributed by atoms with Gasteiger partial charge in [-0.25, -0.2) is 13.5 Å². The maximum atomic E-state index is 13.5. The normalized spacial score (nSPS) is 10.9. The molecule has 0 radical (unpaired) electrons. The Morgan fingerprint density at radius 1 is 1.00 bits per heavy atom. The monoisotopic (exact) mass is 300 g/mol. The molecule has 1 aromatic heterocycles. The summed E-state index contributed by atoms with van der Waals surface area (Å²) in [5.74, 6) is -1.80. The fourth-order valence-electron chi connectivity index (χ4n) is 2.31. The Morgan fingerprint density at radius 3 is 2.45 bits per heavy atom. The van der Waals surface area contributed by atoms with Gasteiger partial charge in [-0.15, -0.1) is 5.10 Å². The van der Waals surface area contributed by atoms with Crippen LogP contribution in [-0.2, 0) is 13.1 Å². The standard InChI is InChI=1S/C16H14F2N4/c17-13-7-6-12(8-14(13)18)16-15(9-19)20-21-22(16)10-11-4-2-1-3-5-11/h1-8H,9-10,19H2. The van der Waals surface area contributed by atoms with E-state index in [-0.39, 0.29) is 6.54 Å². The van der Waals surface area contributed by atoms with E-state index in [2.05, 4.69) is 10.3 Å². The molecular weight excluding hydrogens is 286 g/mol. The van der Waals surface area contributed by atoms with E-state index in [0.717, 1.165) is 17.7 Å². The van der Waals surface area contributed by atoms with Crippen LogP contribution in [0.3, 0.4) is 0 Å². The first-order valence-electron chi connectivity index (χ1n) is 6.81. The van der Waals surface area contributed by atoms with Crippen LogP contribution in [-0.4, -0.2) is 15.0 Å². The third kappa shape index (κ3) is 2.73. The van der Waals surface area contributed by atoms with Crippen molar-refractivity contribution in [2.24, 2.45) is 5.73 Å². The Bertz CT molecular complexity index is 784. The maximum Gasteiger partial charge on any atom is 0.159 e. The van der Waals surface area contributed by atoms with Gasteiger partial charge in [-0.2, -0.15) is 0 Å². The highest BCUT2D eigenvalue weighted by molar-refractivity contribution is 5.62. The molecule has 3 rings (SSSR count). The third-order valence-electron chi connectivity index (χ3n) is 3.37. The van der Waals surface area contributed by atoms with Crippen molar-refractivity contribution in [3.05, 3.63) is 71.4 Å². The van der Waals surface area contributed by atoms with Crippen LogP contribution in [0.4, 0.5) is 8.78 Å². The van der Waals surface area contributed by atoms with Crippen LogP contribution >= 0.6 is 0 Å². The van der Waals surface area contributed by atoms with Crippen molar-refractivity contribution < 1.29 is 8.78 Å². The molecule has 22 heavy (non-hydrogen) atoms. The predicted molar refractivity (Wildman–Crippen MR) is 78.8 cm³/mol. The lowest BCUT2D eigenvalue weighted by Gasteiger charge is -2.08. The van der Waals surface area contributed by atoms with Gasteiger partial charge in [0.05, 0.1) is 12.2 Å². The number of aromatic nitrogens is 3. The number of nitrogens with zero attached hydrogens (tertiary/aromatic N) is 3. The fourth-order valence-corrected chi connectivity index (χ4v) is 2.31. The Hall–Kier alpha value is -2.60. The van der Waals surface area contributed by atoms with E-state index in [1.807, 2.05) is 30.3 Å². The molecular formula is C16H14F2N4. The van der Waals surface area contributed by atoms with E-state index in [4.69, 9.17) is 5.73 Å². The first kappa shape index (κ1) is 14.3. The summed E-state index contributed by atoms with van der Waals surface area (Å²) in [4.78, 5) is 0. The molecule has 0 bridgehead atoms. The summed E-state index contributed by atoms with van der Waals surface area (Å²) in [6, 6.07) is 13.4. The molecule has 0 atom stereocenters. The molecule has 112 valence electrons. The Morgan fingerprint density at radius 2 is 1.77 bits per heavy atom. The Kier molecular flexibility index (Phi) is 3.93. The van der Waals surface area contributed by atoms with E-state index < -0.39 is 11.6 Å². The molecule has 0 aliphatic heterocycles. The summed E-state index contributed by atoms with van der Waals surface area (Å²) in [6.07, 6.45) is 0. The molecule has 0 saturated carbocycles.